The van der Waals surface area contributed by atoms with Gasteiger partial charge in [0.15, 0.2) is 0 Å². The van der Waals surface area contributed by atoms with E-state index < -0.39 is 0 Å². The minimum atomic E-state index is -0.258. The van der Waals surface area contributed by atoms with Crippen LogP contribution in [-0.4, -0.2) is 68.7 Å². The topological polar surface area (TPSA) is 96.2 Å². The highest BCUT2D eigenvalue weighted by molar-refractivity contribution is 5.91. The van der Waals surface area contributed by atoms with E-state index in [9.17, 15) is 9.59 Å². The number of fused-ring (bicyclic) bond motifs is 1. The van der Waals surface area contributed by atoms with Crippen molar-refractivity contribution < 1.29 is 9.59 Å². The predicted octanol–water partition coefficient (Wildman–Crippen LogP) is 0.531. The van der Waals surface area contributed by atoms with Crippen molar-refractivity contribution in [3.05, 3.63) is 42.2 Å². The van der Waals surface area contributed by atoms with Crippen molar-refractivity contribution in [2.24, 2.45) is 0 Å². The van der Waals surface area contributed by atoms with Gasteiger partial charge in [0.1, 0.15) is 5.69 Å². The van der Waals surface area contributed by atoms with E-state index in [2.05, 4.69) is 20.4 Å². The van der Waals surface area contributed by atoms with E-state index in [-0.39, 0.29) is 23.7 Å². The fraction of sp³-hybridized carbons (Fsp3) is 0.438. The fourth-order valence-electron chi connectivity index (χ4n) is 2.89. The molecule has 0 saturated heterocycles. The number of nitrogens with zero attached hydrogens (tertiary/aromatic N) is 6. The van der Waals surface area contributed by atoms with Gasteiger partial charge in [0.25, 0.3) is 5.91 Å². The zero-order valence-electron chi connectivity index (χ0n) is 14.3. The van der Waals surface area contributed by atoms with Gasteiger partial charge in [-0.25, -0.2) is 9.78 Å². The van der Waals surface area contributed by atoms with E-state index in [1.54, 1.807) is 30.1 Å². The highest BCUT2D eigenvalue weighted by Gasteiger charge is 2.29. The Morgan fingerprint density at radius 3 is 2.88 bits per heavy atom. The average molecular weight is 343 g/mol. The van der Waals surface area contributed by atoms with Gasteiger partial charge in [-0.15, -0.1) is 0 Å². The molecule has 9 heteroatoms. The molecule has 2 aromatic heterocycles. The second kappa shape index (κ2) is 7.29. The fourth-order valence-corrected chi connectivity index (χ4v) is 2.89. The van der Waals surface area contributed by atoms with Crippen molar-refractivity contribution in [1.29, 1.82) is 0 Å². The van der Waals surface area contributed by atoms with Crippen molar-refractivity contribution in [2.75, 3.05) is 27.2 Å². The zero-order chi connectivity index (χ0) is 17.8. The molecule has 1 aliphatic rings. The van der Waals surface area contributed by atoms with Crippen molar-refractivity contribution in [1.82, 2.24) is 34.9 Å². The summed E-state index contributed by atoms with van der Waals surface area (Å²) in [7, 11) is 3.48. The number of carbonyl (C=O) groups is 2. The first kappa shape index (κ1) is 16.9. The van der Waals surface area contributed by atoms with Crippen LogP contribution in [0.4, 0.5) is 4.79 Å². The van der Waals surface area contributed by atoms with Crippen molar-refractivity contribution in [3.63, 3.8) is 0 Å². The summed E-state index contributed by atoms with van der Waals surface area (Å²) in [4.78, 5) is 35.5. The smallest absolute Gasteiger partial charge is 0.319 e. The van der Waals surface area contributed by atoms with Gasteiger partial charge in [-0.2, -0.15) is 5.10 Å². The molecule has 0 aromatic carbocycles. The number of carbonyl (C=O) groups excluding carboxylic acids is 2. The molecule has 0 radical (unpaired) electrons. The molecule has 0 aliphatic carbocycles. The van der Waals surface area contributed by atoms with Crippen molar-refractivity contribution in [2.45, 2.75) is 19.0 Å². The minimum Gasteiger partial charge on any atom is -0.351 e. The molecule has 1 atom stereocenters. The Balaban J connectivity index is 1.61. The van der Waals surface area contributed by atoms with Crippen molar-refractivity contribution >= 4 is 11.9 Å². The Kier molecular flexibility index (Phi) is 4.92. The summed E-state index contributed by atoms with van der Waals surface area (Å²) in [6.07, 6.45) is 6.84. The van der Waals surface area contributed by atoms with E-state index >= 15 is 0 Å². The Hall–Kier alpha value is -2.97. The monoisotopic (exact) mass is 343 g/mol. The van der Waals surface area contributed by atoms with Crippen LogP contribution in [0.3, 0.4) is 0 Å². The SMILES string of the molecule is CN(C)C(=O)N1Cc2ccnn2C(CCNC(=O)c2cnccn2)C1. The van der Waals surface area contributed by atoms with Gasteiger partial charge in [-0.05, 0) is 12.5 Å². The predicted molar refractivity (Wildman–Crippen MR) is 89.7 cm³/mol. The Morgan fingerprint density at radius 1 is 1.32 bits per heavy atom. The average Bonchev–Trinajstić information content (AvgIpc) is 3.10. The quantitative estimate of drug-likeness (QED) is 0.874. The molecule has 3 heterocycles. The molecule has 1 unspecified atom stereocenters. The van der Waals surface area contributed by atoms with Gasteiger partial charge >= 0.3 is 6.03 Å². The maximum absolute atomic E-state index is 12.3. The lowest BCUT2D eigenvalue weighted by Gasteiger charge is -2.35. The van der Waals surface area contributed by atoms with Crippen LogP contribution in [-0.2, 0) is 6.54 Å². The van der Waals surface area contributed by atoms with E-state index in [1.165, 1.54) is 18.6 Å². The normalized spacial score (nSPS) is 16.2. The molecule has 1 N–H and O–H groups in total. The number of aromatic nitrogens is 4. The summed E-state index contributed by atoms with van der Waals surface area (Å²) in [5.41, 5.74) is 1.28. The summed E-state index contributed by atoms with van der Waals surface area (Å²) >= 11 is 0. The first-order valence-electron chi connectivity index (χ1n) is 8.09. The largest absolute Gasteiger partial charge is 0.351 e. The van der Waals surface area contributed by atoms with Gasteiger partial charge < -0.3 is 15.1 Å². The summed E-state index contributed by atoms with van der Waals surface area (Å²) in [5.74, 6) is -0.258. The molecule has 3 rings (SSSR count). The first-order chi connectivity index (χ1) is 12.1. The number of urea groups is 1. The molecule has 0 spiro atoms. The van der Waals surface area contributed by atoms with Crippen LogP contribution in [0.25, 0.3) is 0 Å². The van der Waals surface area contributed by atoms with Crippen LogP contribution < -0.4 is 5.32 Å². The van der Waals surface area contributed by atoms with E-state index in [0.717, 1.165) is 5.69 Å². The summed E-state index contributed by atoms with van der Waals surface area (Å²) in [5, 5.41) is 7.20. The number of amides is 3. The highest BCUT2D eigenvalue weighted by Crippen LogP contribution is 2.23. The van der Waals surface area contributed by atoms with Crippen LogP contribution in [0.15, 0.2) is 30.9 Å². The number of nitrogens with one attached hydrogen (secondary N) is 1. The molecule has 3 amide bonds. The van der Waals surface area contributed by atoms with Crippen LogP contribution in [0.1, 0.15) is 28.6 Å². The first-order valence-corrected chi connectivity index (χ1v) is 8.09. The third kappa shape index (κ3) is 3.76. The number of hydrogen-bond donors (Lipinski definition) is 1. The third-order valence-electron chi connectivity index (χ3n) is 4.09. The standard InChI is InChI=1S/C16H21N7O2/c1-21(2)16(25)22-10-12(23-13(11-22)4-6-20-23)3-5-19-15(24)14-9-17-7-8-18-14/h4,6-9,12H,3,5,10-11H2,1-2H3,(H,19,24). The second-order valence-electron chi connectivity index (χ2n) is 6.11. The molecular formula is C16H21N7O2. The summed E-state index contributed by atoms with van der Waals surface area (Å²) in [6, 6.07) is 1.91. The van der Waals surface area contributed by atoms with Crippen LogP contribution in [0.5, 0.6) is 0 Å². The van der Waals surface area contributed by atoms with E-state index in [0.29, 0.717) is 26.1 Å². The van der Waals surface area contributed by atoms with Gasteiger partial charge in [0.2, 0.25) is 0 Å². The Bertz CT molecular complexity index is 744. The molecule has 132 valence electrons. The van der Waals surface area contributed by atoms with Gasteiger partial charge in [0.05, 0.1) is 24.5 Å². The lowest BCUT2D eigenvalue weighted by molar-refractivity contribution is 0.0941. The van der Waals surface area contributed by atoms with Crippen LogP contribution in [0.2, 0.25) is 0 Å². The molecule has 2 aromatic rings. The third-order valence-corrected chi connectivity index (χ3v) is 4.09. The maximum atomic E-state index is 12.3. The van der Waals surface area contributed by atoms with Crippen LogP contribution >= 0.6 is 0 Å². The molecule has 9 nitrogen and oxygen atoms in total. The number of hydrogen-bond acceptors (Lipinski definition) is 5. The highest BCUT2D eigenvalue weighted by atomic mass is 16.2. The minimum absolute atomic E-state index is 0.0183. The van der Waals surface area contributed by atoms with Crippen LogP contribution in [0, 0.1) is 0 Å². The summed E-state index contributed by atoms with van der Waals surface area (Å²) in [6.45, 7) is 1.57. The summed E-state index contributed by atoms with van der Waals surface area (Å²) < 4.78 is 1.94. The van der Waals surface area contributed by atoms with E-state index in [4.69, 9.17) is 0 Å². The lowest BCUT2D eigenvalue weighted by Crippen LogP contribution is -2.46. The van der Waals surface area contributed by atoms with Gasteiger partial charge in [0, 0.05) is 45.8 Å². The lowest BCUT2D eigenvalue weighted by atomic mass is 10.1. The molecule has 25 heavy (non-hydrogen) atoms. The Labute approximate surface area is 145 Å². The Morgan fingerprint density at radius 2 is 2.16 bits per heavy atom. The molecule has 0 fully saturated rings. The molecule has 0 bridgehead atoms. The van der Waals surface area contributed by atoms with Gasteiger partial charge in [-0.3, -0.25) is 14.5 Å². The maximum Gasteiger partial charge on any atom is 0.319 e. The zero-order valence-corrected chi connectivity index (χ0v) is 14.3. The van der Waals surface area contributed by atoms with Gasteiger partial charge in [-0.1, -0.05) is 0 Å². The van der Waals surface area contributed by atoms with E-state index in [1.807, 2.05) is 10.7 Å². The second-order valence-corrected chi connectivity index (χ2v) is 6.11. The molecular weight excluding hydrogens is 322 g/mol. The number of rotatable bonds is 4. The molecule has 0 saturated carbocycles. The van der Waals surface area contributed by atoms with Crippen molar-refractivity contribution in [3.8, 4) is 0 Å². The molecule has 1 aliphatic heterocycles.